The molecule has 0 aromatic rings. The lowest BCUT2D eigenvalue weighted by Crippen LogP contribution is -2.30. The maximum atomic E-state index is 13.1. The van der Waals surface area contributed by atoms with E-state index in [4.69, 9.17) is 37.0 Å². The predicted molar refractivity (Wildman–Crippen MR) is 391 cm³/mol. The van der Waals surface area contributed by atoms with Gasteiger partial charge in [-0.1, -0.05) is 344 Å². The van der Waals surface area contributed by atoms with Gasteiger partial charge < -0.3 is 33.8 Å². The zero-order valence-electron chi connectivity index (χ0n) is 62.8. The molecule has 0 amide bonds. The molecule has 0 aliphatic heterocycles. The van der Waals surface area contributed by atoms with E-state index in [9.17, 15) is 43.2 Å². The molecule has 0 saturated heterocycles. The third kappa shape index (κ3) is 70.5. The van der Waals surface area contributed by atoms with Gasteiger partial charge in [0.2, 0.25) is 0 Å². The first kappa shape index (κ1) is 94.1. The predicted octanol–water partition coefficient (Wildman–Crippen LogP) is 22.6. The number of phosphoric ester groups is 2. The zero-order valence-corrected chi connectivity index (χ0v) is 64.6. The van der Waals surface area contributed by atoms with E-state index in [0.717, 1.165) is 108 Å². The summed E-state index contributed by atoms with van der Waals surface area (Å²) in [4.78, 5) is 72.8. The molecule has 19 heteroatoms. The second-order valence-electron chi connectivity index (χ2n) is 29.2. The molecule has 0 aliphatic rings. The Morgan fingerprint density at radius 3 is 0.708 bits per heavy atom. The van der Waals surface area contributed by atoms with Crippen LogP contribution in [0.4, 0.5) is 0 Å². The van der Waals surface area contributed by atoms with Gasteiger partial charge in [-0.2, -0.15) is 0 Å². The molecular formula is C77H150O17P2. The largest absolute Gasteiger partial charge is 0.472 e. The van der Waals surface area contributed by atoms with Gasteiger partial charge in [-0.15, -0.1) is 0 Å². The van der Waals surface area contributed by atoms with Crippen molar-refractivity contribution in [3.05, 3.63) is 0 Å². The monoisotopic (exact) mass is 1410 g/mol. The third-order valence-corrected chi connectivity index (χ3v) is 19.8. The van der Waals surface area contributed by atoms with Crippen LogP contribution in [0.5, 0.6) is 0 Å². The van der Waals surface area contributed by atoms with Crippen LogP contribution in [0.2, 0.25) is 0 Å². The summed E-state index contributed by atoms with van der Waals surface area (Å²) in [5.74, 6) is 0.0961. The van der Waals surface area contributed by atoms with Crippen molar-refractivity contribution in [2.45, 2.75) is 414 Å². The molecule has 0 aromatic heterocycles. The number of hydrogen-bond acceptors (Lipinski definition) is 15. The zero-order chi connectivity index (χ0) is 70.9. The number of carbonyl (C=O) groups excluding carboxylic acids is 4. The lowest BCUT2D eigenvalue weighted by molar-refractivity contribution is -0.161. The molecule has 3 N–H and O–H groups in total. The molecule has 0 spiro atoms. The second kappa shape index (κ2) is 67.5. The Labute approximate surface area is 588 Å². The van der Waals surface area contributed by atoms with Crippen molar-refractivity contribution in [2.24, 2.45) is 17.8 Å². The molecule has 0 bridgehead atoms. The minimum absolute atomic E-state index is 0.104. The summed E-state index contributed by atoms with van der Waals surface area (Å²) in [6, 6.07) is 0. The summed E-state index contributed by atoms with van der Waals surface area (Å²) in [5.41, 5.74) is 0. The average molecular weight is 1410 g/mol. The molecule has 0 aliphatic carbocycles. The summed E-state index contributed by atoms with van der Waals surface area (Å²) in [7, 11) is -9.91. The van der Waals surface area contributed by atoms with Gasteiger partial charge in [0.1, 0.15) is 19.3 Å². The Bertz CT molecular complexity index is 1870. The SMILES string of the molecule is CCCCCCCCCCCCCCCCCCCCC(=O)O[C@H](COC(=O)CCCCCCCCCCCCCCCCC(C)C)COP(=O)(O)OC[C@@H](O)COP(=O)(O)OC[C@@H](COC(=O)CCCCCCCCC(C)C)OC(=O)CCCCCCCCCCCC(C)C. The summed E-state index contributed by atoms with van der Waals surface area (Å²) in [6.45, 7) is 11.8. The van der Waals surface area contributed by atoms with E-state index >= 15 is 0 Å². The van der Waals surface area contributed by atoms with E-state index < -0.39 is 97.5 Å². The van der Waals surface area contributed by atoms with Crippen LogP contribution in [0.15, 0.2) is 0 Å². The van der Waals surface area contributed by atoms with E-state index in [0.29, 0.717) is 31.6 Å². The van der Waals surface area contributed by atoms with Crippen LogP contribution in [0.3, 0.4) is 0 Å². The van der Waals surface area contributed by atoms with Gasteiger partial charge in [0.25, 0.3) is 0 Å². The minimum atomic E-state index is -4.96. The molecule has 0 heterocycles. The van der Waals surface area contributed by atoms with Crippen molar-refractivity contribution >= 4 is 39.5 Å². The van der Waals surface area contributed by atoms with Crippen LogP contribution in [-0.4, -0.2) is 96.7 Å². The maximum absolute atomic E-state index is 13.1. The van der Waals surface area contributed by atoms with Crippen LogP contribution >= 0.6 is 15.6 Å². The van der Waals surface area contributed by atoms with E-state index in [1.165, 1.54) is 199 Å². The van der Waals surface area contributed by atoms with Crippen molar-refractivity contribution in [3.63, 3.8) is 0 Å². The molecule has 0 fully saturated rings. The number of hydrogen-bond donors (Lipinski definition) is 3. The molecule has 0 radical (unpaired) electrons. The Balaban J connectivity index is 5.23. The van der Waals surface area contributed by atoms with Gasteiger partial charge in [-0.05, 0) is 43.4 Å². The summed E-state index contributed by atoms with van der Waals surface area (Å²) < 4.78 is 68.5. The van der Waals surface area contributed by atoms with Crippen LogP contribution in [-0.2, 0) is 65.4 Å². The Hall–Kier alpha value is -1.94. The molecule has 5 atom stereocenters. The maximum Gasteiger partial charge on any atom is 0.472 e. The van der Waals surface area contributed by atoms with Gasteiger partial charge in [-0.25, -0.2) is 9.13 Å². The standard InChI is InChI=1S/C77H150O17P2/c1-8-9-10-11-12-13-14-15-16-17-18-19-24-27-32-37-46-53-60-76(81)93-72(64-87-74(79)58-51-44-36-31-26-23-21-20-22-25-29-34-41-48-55-68(2)3)66-91-95(83,84)89-62-71(78)63-90-96(85,86)92-67-73(65-88-75(80)59-52-45-40-39-43-50-57-70(6)7)94-77(82)61-54-47-38-33-28-30-35-42-49-56-69(4)5/h68-73,78H,8-67H2,1-7H3,(H,83,84)(H,85,86)/t71-,72-,73-/m1/s1. The van der Waals surface area contributed by atoms with Gasteiger partial charge in [0.15, 0.2) is 12.2 Å². The first-order chi connectivity index (χ1) is 46.2. The first-order valence-corrected chi connectivity index (χ1v) is 42.8. The number of ether oxygens (including phenoxy) is 4. The molecule has 0 rings (SSSR count). The van der Waals surface area contributed by atoms with Crippen molar-refractivity contribution in [1.82, 2.24) is 0 Å². The molecule has 2 unspecified atom stereocenters. The van der Waals surface area contributed by atoms with Gasteiger partial charge in [0.05, 0.1) is 26.4 Å². The third-order valence-electron chi connectivity index (χ3n) is 17.9. The van der Waals surface area contributed by atoms with E-state index in [2.05, 4.69) is 48.5 Å². The van der Waals surface area contributed by atoms with E-state index in [1.54, 1.807) is 0 Å². The summed E-state index contributed by atoms with van der Waals surface area (Å²) >= 11 is 0. The first-order valence-electron chi connectivity index (χ1n) is 39.8. The summed E-state index contributed by atoms with van der Waals surface area (Å²) in [6.07, 6.45) is 54.3. The van der Waals surface area contributed by atoms with Crippen LogP contribution < -0.4 is 0 Å². The number of unbranched alkanes of at least 4 members (excludes halogenated alkanes) is 43. The van der Waals surface area contributed by atoms with Crippen molar-refractivity contribution in [3.8, 4) is 0 Å². The topological polar surface area (TPSA) is 237 Å². The molecule has 570 valence electrons. The van der Waals surface area contributed by atoms with Crippen molar-refractivity contribution in [1.29, 1.82) is 0 Å². The molecule has 96 heavy (non-hydrogen) atoms. The number of carbonyl (C=O) groups is 4. The Morgan fingerprint density at radius 1 is 0.281 bits per heavy atom. The van der Waals surface area contributed by atoms with Crippen molar-refractivity contribution < 1.29 is 80.2 Å². The molecule has 0 saturated carbocycles. The average Bonchev–Trinajstić information content (AvgIpc) is 1.65. The number of rotatable bonds is 75. The van der Waals surface area contributed by atoms with E-state index in [1.807, 2.05) is 0 Å². The van der Waals surface area contributed by atoms with Crippen LogP contribution in [0.1, 0.15) is 395 Å². The van der Waals surface area contributed by atoms with Gasteiger partial charge >= 0.3 is 39.5 Å². The fourth-order valence-electron chi connectivity index (χ4n) is 11.8. The minimum Gasteiger partial charge on any atom is -0.462 e. The fourth-order valence-corrected chi connectivity index (χ4v) is 13.4. The quantitative estimate of drug-likeness (QED) is 0.0222. The fraction of sp³-hybridized carbons (Fsp3) is 0.948. The number of esters is 4. The van der Waals surface area contributed by atoms with Crippen LogP contribution in [0, 0.1) is 17.8 Å². The van der Waals surface area contributed by atoms with E-state index in [-0.39, 0.29) is 25.7 Å². The smallest absolute Gasteiger partial charge is 0.462 e. The highest BCUT2D eigenvalue weighted by Crippen LogP contribution is 2.45. The highest BCUT2D eigenvalue weighted by atomic mass is 31.2. The molecular weight excluding hydrogens is 1260 g/mol. The lowest BCUT2D eigenvalue weighted by atomic mass is 10.0. The summed E-state index contributed by atoms with van der Waals surface area (Å²) in [5, 5.41) is 10.6. The molecule has 17 nitrogen and oxygen atoms in total. The van der Waals surface area contributed by atoms with Crippen molar-refractivity contribution in [2.75, 3.05) is 39.6 Å². The van der Waals surface area contributed by atoms with Gasteiger partial charge in [-0.3, -0.25) is 37.3 Å². The van der Waals surface area contributed by atoms with Gasteiger partial charge in [0, 0.05) is 25.7 Å². The molecule has 0 aromatic carbocycles. The lowest BCUT2D eigenvalue weighted by Gasteiger charge is -2.21. The number of aliphatic hydroxyl groups is 1. The number of phosphoric acid groups is 2. The van der Waals surface area contributed by atoms with Crippen LogP contribution in [0.25, 0.3) is 0 Å². The highest BCUT2D eigenvalue weighted by molar-refractivity contribution is 7.47. The second-order valence-corrected chi connectivity index (χ2v) is 32.1. The number of aliphatic hydroxyl groups excluding tert-OH is 1. The Morgan fingerprint density at radius 2 is 0.479 bits per heavy atom. The normalized spacial score (nSPS) is 14.1. The Kier molecular flexibility index (Phi) is 66.2. The highest BCUT2D eigenvalue weighted by Gasteiger charge is 2.30.